The Kier molecular flexibility index (Phi) is 4.57. The molecule has 0 saturated carbocycles. The average Bonchev–Trinajstić information content (AvgIpc) is 2.34. The number of aliphatic hydroxyl groups is 1. The fourth-order valence-electron chi connectivity index (χ4n) is 1.42. The monoisotopic (exact) mass is 249 g/mol. The Bertz CT molecular complexity index is 422. The number of rotatable bonds is 4. The molecule has 2 atom stereocenters. The molecule has 1 rings (SSSR count). The zero-order valence-corrected chi connectivity index (χ0v) is 10.9. The van der Waals surface area contributed by atoms with Crippen molar-refractivity contribution in [2.45, 2.75) is 32.9 Å². The van der Waals surface area contributed by atoms with Crippen LogP contribution in [0.25, 0.3) is 0 Å². The van der Waals surface area contributed by atoms with E-state index in [4.69, 9.17) is 15.7 Å². The van der Waals surface area contributed by atoms with Gasteiger partial charge >= 0.3 is 0 Å². The molecular weight excluding hydrogens is 230 g/mol. The summed E-state index contributed by atoms with van der Waals surface area (Å²) in [4.78, 5) is 1.23. The standard InChI is InChI=1S/C13H19N3O2/c1-13(2,3)12(15)10(17)8-18-11-6-4-5-7-16(11)9-14/h4-5,7,10,12,17H,8,15H2,1-3H3. The molecule has 0 radical (unpaired) electrons. The molecule has 0 aromatic heterocycles. The zero-order chi connectivity index (χ0) is 13.8. The number of nitriles is 1. The van der Waals surface area contributed by atoms with E-state index in [0.717, 1.165) is 0 Å². The predicted molar refractivity (Wildman–Crippen MR) is 67.6 cm³/mol. The predicted octanol–water partition coefficient (Wildman–Crippen LogP) is 1.04. The highest BCUT2D eigenvalue weighted by molar-refractivity contribution is 5.16. The number of hydrogen-bond donors (Lipinski definition) is 2. The summed E-state index contributed by atoms with van der Waals surface area (Å²) in [7, 11) is 0. The van der Waals surface area contributed by atoms with E-state index in [1.54, 1.807) is 18.4 Å². The van der Waals surface area contributed by atoms with Gasteiger partial charge in [0.2, 0.25) is 0 Å². The lowest BCUT2D eigenvalue weighted by Crippen LogP contribution is -2.47. The van der Waals surface area contributed by atoms with Gasteiger partial charge in [-0.1, -0.05) is 26.5 Å². The third-order valence-electron chi connectivity index (χ3n) is 2.67. The second kappa shape index (κ2) is 5.74. The van der Waals surface area contributed by atoms with Gasteiger partial charge in [-0.15, -0.1) is 0 Å². The first-order chi connectivity index (χ1) is 8.36. The van der Waals surface area contributed by atoms with Gasteiger partial charge in [-0.3, -0.25) is 0 Å². The summed E-state index contributed by atoms with van der Waals surface area (Å²) in [6.07, 6.45) is 6.00. The van der Waals surface area contributed by atoms with Gasteiger partial charge in [-0.25, -0.2) is 4.90 Å². The summed E-state index contributed by atoms with van der Waals surface area (Å²) >= 11 is 0. The van der Waals surface area contributed by atoms with E-state index >= 15 is 0 Å². The van der Waals surface area contributed by atoms with E-state index in [1.807, 2.05) is 27.0 Å². The Hall–Kier alpha value is -1.73. The van der Waals surface area contributed by atoms with Crippen molar-refractivity contribution >= 4 is 0 Å². The molecule has 98 valence electrons. The number of aliphatic hydroxyl groups excluding tert-OH is 1. The Labute approximate surface area is 107 Å². The molecule has 1 heterocycles. The molecule has 0 bridgehead atoms. The summed E-state index contributed by atoms with van der Waals surface area (Å²) in [6, 6.07) is -0.406. The highest BCUT2D eigenvalue weighted by Gasteiger charge is 2.28. The van der Waals surface area contributed by atoms with E-state index in [9.17, 15) is 5.11 Å². The highest BCUT2D eigenvalue weighted by Crippen LogP contribution is 2.20. The lowest BCUT2D eigenvalue weighted by Gasteiger charge is -2.31. The van der Waals surface area contributed by atoms with Crippen molar-refractivity contribution in [3.05, 3.63) is 30.0 Å². The van der Waals surface area contributed by atoms with Crippen LogP contribution in [0.2, 0.25) is 0 Å². The Morgan fingerprint density at radius 1 is 1.61 bits per heavy atom. The molecule has 0 spiro atoms. The smallest absolute Gasteiger partial charge is 0.253 e. The van der Waals surface area contributed by atoms with Crippen LogP contribution in [0.15, 0.2) is 30.0 Å². The lowest BCUT2D eigenvalue weighted by molar-refractivity contribution is 0.0151. The fourth-order valence-corrected chi connectivity index (χ4v) is 1.42. The first-order valence-electron chi connectivity index (χ1n) is 5.75. The summed E-state index contributed by atoms with van der Waals surface area (Å²) in [5.41, 5.74) is 8.49. The summed E-state index contributed by atoms with van der Waals surface area (Å²) in [6.45, 7) is 5.88. The van der Waals surface area contributed by atoms with Crippen LogP contribution in [-0.2, 0) is 4.74 Å². The molecule has 0 aliphatic carbocycles. The second-order valence-corrected chi connectivity index (χ2v) is 5.20. The van der Waals surface area contributed by atoms with Gasteiger partial charge in [-0.05, 0) is 17.6 Å². The van der Waals surface area contributed by atoms with Crippen LogP contribution in [0, 0.1) is 16.9 Å². The van der Waals surface area contributed by atoms with Crippen LogP contribution in [0.3, 0.4) is 0 Å². The minimum Gasteiger partial charge on any atom is -0.469 e. The Morgan fingerprint density at radius 3 is 2.83 bits per heavy atom. The molecule has 0 aromatic rings. The summed E-state index contributed by atoms with van der Waals surface area (Å²) in [5, 5.41) is 18.8. The van der Waals surface area contributed by atoms with Crippen molar-refractivity contribution in [2.24, 2.45) is 11.1 Å². The molecule has 3 N–H and O–H groups in total. The van der Waals surface area contributed by atoms with Crippen LogP contribution >= 0.6 is 0 Å². The average molecular weight is 249 g/mol. The van der Waals surface area contributed by atoms with Crippen LogP contribution in [0.5, 0.6) is 0 Å². The summed E-state index contributed by atoms with van der Waals surface area (Å²) in [5.74, 6) is 0.264. The van der Waals surface area contributed by atoms with Crippen molar-refractivity contribution < 1.29 is 9.84 Å². The van der Waals surface area contributed by atoms with E-state index in [1.165, 1.54) is 4.90 Å². The fraction of sp³-hybridized carbons (Fsp3) is 0.538. The number of hydrogen-bond acceptors (Lipinski definition) is 5. The largest absolute Gasteiger partial charge is 0.469 e. The molecule has 5 nitrogen and oxygen atoms in total. The van der Waals surface area contributed by atoms with Crippen molar-refractivity contribution in [1.82, 2.24) is 4.90 Å². The van der Waals surface area contributed by atoms with Gasteiger partial charge < -0.3 is 15.6 Å². The van der Waals surface area contributed by atoms with Gasteiger partial charge in [0.25, 0.3) is 5.88 Å². The minimum absolute atomic E-state index is 0.0284. The van der Waals surface area contributed by atoms with Gasteiger partial charge in [0.05, 0.1) is 0 Å². The van der Waals surface area contributed by atoms with E-state index in [0.29, 0.717) is 0 Å². The molecule has 0 saturated heterocycles. The number of nitrogens with two attached hydrogens (primary N) is 1. The van der Waals surface area contributed by atoms with E-state index in [-0.39, 0.29) is 17.9 Å². The normalized spacial score (nSPS) is 18.0. The van der Waals surface area contributed by atoms with Crippen molar-refractivity contribution in [3.8, 4) is 6.19 Å². The van der Waals surface area contributed by atoms with Gasteiger partial charge in [-0.2, -0.15) is 5.26 Å². The first-order valence-corrected chi connectivity index (χ1v) is 5.75. The molecule has 2 unspecified atom stereocenters. The van der Waals surface area contributed by atoms with Crippen molar-refractivity contribution in [1.29, 1.82) is 5.26 Å². The molecule has 18 heavy (non-hydrogen) atoms. The molecule has 0 aromatic carbocycles. The molecule has 1 aliphatic rings. The first kappa shape index (κ1) is 14.3. The minimum atomic E-state index is -0.800. The Balaban J connectivity index is 2.57. The molecule has 0 fully saturated rings. The Morgan fingerprint density at radius 2 is 2.28 bits per heavy atom. The number of nitrogens with zero attached hydrogens (tertiary/aromatic N) is 2. The molecular formula is C13H19N3O2. The van der Waals surface area contributed by atoms with Crippen LogP contribution in [0.4, 0.5) is 0 Å². The van der Waals surface area contributed by atoms with Gasteiger partial charge in [0, 0.05) is 12.2 Å². The molecule has 0 amide bonds. The maximum atomic E-state index is 9.92. The highest BCUT2D eigenvalue weighted by atomic mass is 16.5. The maximum absolute atomic E-state index is 9.92. The second-order valence-electron chi connectivity index (χ2n) is 5.20. The molecule has 5 heteroatoms. The number of ether oxygens (including phenoxy) is 1. The van der Waals surface area contributed by atoms with Crippen LogP contribution in [0.1, 0.15) is 20.8 Å². The van der Waals surface area contributed by atoms with Crippen LogP contribution in [-0.4, -0.2) is 28.8 Å². The van der Waals surface area contributed by atoms with E-state index < -0.39 is 12.1 Å². The maximum Gasteiger partial charge on any atom is 0.253 e. The quantitative estimate of drug-likeness (QED) is 0.574. The van der Waals surface area contributed by atoms with E-state index in [2.05, 4.69) is 5.73 Å². The van der Waals surface area contributed by atoms with Crippen molar-refractivity contribution in [2.75, 3.05) is 6.61 Å². The number of allylic oxidation sites excluding steroid dienone is 2. The van der Waals surface area contributed by atoms with Gasteiger partial charge in [0.15, 0.2) is 6.19 Å². The zero-order valence-electron chi connectivity index (χ0n) is 10.9. The topological polar surface area (TPSA) is 82.5 Å². The third-order valence-corrected chi connectivity index (χ3v) is 2.67. The third kappa shape index (κ3) is 3.64. The van der Waals surface area contributed by atoms with Gasteiger partial charge in [0.1, 0.15) is 12.7 Å². The summed E-state index contributed by atoms with van der Waals surface area (Å²) < 4.78 is 5.36. The van der Waals surface area contributed by atoms with Crippen molar-refractivity contribution in [3.63, 3.8) is 0 Å². The van der Waals surface area contributed by atoms with Crippen LogP contribution < -0.4 is 5.73 Å². The SMILES string of the molecule is CC(C)(C)C(N)C(O)COC1=C=CC=CN1C#N. The molecule has 1 aliphatic heterocycles. The lowest BCUT2D eigenvalue weighted by atomic mass is 9.84.